The van der Waals surface area contributed by atoms with E-state index in [2.05, 4.69) is 20.6 Å². The van der Waals surface area contributed by atoms with Gasteiger partial charge in [-0.1, -0.05) is 48.6 Å². The Labute approximate surface area is 199 Å². The van der Waals surface area contributed by atoms with Gasteiger partial charge in [-0.25, -0.2) is 9.97 Å². The van der Waals surface area contributed by atoms with Crippen molar-refractivity contribution in [2.24, 2.45) is 0 Å². The van der Waals surface area contributed by atoms with Crippen LogP contribution in [-0.2, 0) is 9.59 Å². The number of anilines is 2. The van der Waals surface area contributed by atoms with Crippen LogP contribution in [0.25, 0.3) is 22.5 Å². The van der Waals surface area contributed by atoms with Crippen molar-refractivity contribution in [1.29, 1.82) is 0 Å². The van der Waals surface area contributed by atoms with Crippen LogP contribution in [0.1, 0.15) is 13.8 Å². The monoisotopic (exact) mass is 450 g/mol. The summed E-state index contributed by atoms with van der Waals surface area (Å²) in [5.74, 6) is 0.211. The molecule has 3 aromatic rings. The third-order valence-electron chi connectivity index (χ3n) is 4.65. The van der Waals surface area contributed by atoms with Crippen LogP contribution in [0.3, 0.4) is 0 Å². The first-order valence-electron chi connectivity index (χ1n) is 10.8. The van der Waals surface area contributed by atoms with Gasteiger partial charge in [0, 0.05) is 47.0 Å². The largest absolute Gasteiger partial charge is 0.323 e. The average molecular weight is 451 g/mol. The van der Waals surface area contributed by atoms with Gasteiger partial charge in [0.1, 0.15) is 0 Å². The maximum absolute atomic E-state index is 11.9. The van der Waals surface area contributed by atoms with Gasteiger partial charge in [0.15, 0.2) is 5.82 Å². The normalized spacial score (nSPS) is 11.6. The second kappa shape index (κ2) is 12.5. The minimum atomic E-state index is -0.192. The SMILES string of the molecule is CC=CC=CC(=O)Nc1ccc(-c2cnc(-c3ccc(NC(=O)C=CC=CC)cc3)nc2)cc1. The molecule has 6 nitrogen and oxygen atoms in total. The fourth-order valence-electron chi connectivity index (χ4n) is 2.95. The third-order valence-corrected chi connectivity index (χ3v) is 4.65. The summed E-state index contributed by atoms with van der Waals surface area (Å²) in [7, 11) is 0. The highest BCUT2D eigenvalue weighted by Crippen LogP contribution is 2.23. The van der Waals surface area contributed by atoms with E-state index in [4.69, 9.17) is 0 Å². The zero-order chi connectivity index (χ0) is 24.2. The highest BCUT2D eigenvalue weighted by Gasteiger charge is 2.05. The van der Waals surface area contributed by atoms with Gasteiger partial charge in [-0.3, -0.25) is 9.59 Å². The van der Waals surface area contributed by atoms with Gasteiger partial charge in [-0.15, -0.1) is 0 Å². The second-order valence-corrected chi connectivity index (χ2v) is 7.20. The lowest BCUT2D eigenvalue weighted by atomic mass is 10.1. The molecule has 0 atom stereocenters. The molecule has 1 aromatic heterocycles. The topological polar surface area (TPSA) is 84.0 Å². The lowest BCUT2D eigenvalue weighted by molar-refractivity contribution is -0.112. The molecule has 0 saturated carbocycles. The molecule has 2 N–H and O–H groups in total. The van der Waals surface area contributed by atoms with Crippen LogP contribution in [0, 0.1) is 0 Å². The van der Waals surface area contributed by atoms with Gasteiger partial charge in [-0.2, -0.15) is 0 Å². The van der Waals surface area contributed by atoms with Crippen LogP contribution in [0.15, 0.2) is 110 Å². The van der Waals surface area contributed by atoms with Crippen LogP contribution >= 0.6 is 0 Å². The average Bonchev–Trinajstić information content (AvgIpc) is 2.85. The summed E-state index contributed by atoms with van der Waals surface area (Å²) in [5, 5.41) is 5.62. The Morgan fingerprint density at radius 2 is 1.06 bits per heavy atom. The zero-order valence-electron chi connectivity index (χ0n) is 19.1. The van der Waals surface area contributed by atoms with Crippen LogP contribution in [0.5, 0.6) is 0 Å². The molecule has 0 aliphatic carbocycles. The Morgan fingerprint density at radius 3 is 1.50 bits per heavy atom. The molecular weight excluding hydrogens is 424 g/mol. The molecule has 0 spiro atoms. The van der Waals surface area contributed by atoms with Gasteiger partial charge < -0.3 is 10.6 Å². The van der Waals surface area contributed by atoms with Crippen molar-refractivity contribution >= 4 is 23.2 Å². The molecule has 1 heterocycles. The number of nitrogens with one attached hydrogen (secondary N) is 2. The smallest absolute Gasteiger partial charge is 0.248 e. The summed E-state index contributed by atoms with van der Waals surface area (Å²) in [6.45, 7) is 3.78. The van der Waals surface area contributed by atoms with Crippen LogP contribution in [-0.4, -0.2) is 21.8 Å². The Hall–Kier alpha value is -4.58. The van der Waals surface area contributed by atoms with E-state index in [1.54, 1.807) is 36.7 Å². The van der Waals surface area contributed by atoms with Gasteiger partial charge in [0.05, 0.1) is 0 Å². The van der Waals surface area contributed by atoms with Crippen LogP contribution < -0.4 is 10.6 Å². The number of hydrogen-bond donors (Lipinski definition) is 2. The number of allylic oxidation sites excluding steroid dienone is 6. The minimum Gasteiger partial charge on any atom is -0.323 e. The standard InChI is InChI=1S/C28H26N4O2/c1-3-5-7-9-26(33)31-24-15-11-21(12-16-24)23-19-29-28(30-20-23)22-13-17-25(18-14-22)32-27(34)10-8-6-4-2/h3-20H,1-2H3,(H,31,33)(H,32,34). The van der Waals surface area contributed by atoms with E-state index >= 15 is 0 Å². The van der Waals surface area contributed by atoms with E-state index in [9.17, 15) is 9.59 Å². The van der Waals surface area contributed by atoms with Crippen LogP contribution in [0.2, 0.25) is 0 Å². The number of benzene rings is 2. The molecule has 0 saturated heterocycles. The summed E-state index contributed by atoms with van der Waals surface area (Å²) < 4.78 is 0. The van der Waals surface area contributed by atoms with E-state index < -0.39 is 0 Å². The van der Waals surface area contributed by atoms with Crippen molar-refractivity contribution in [2.75, 3.05) is 10.6 Å². The molecule has 3 rings (SSSR count). The Balaban J connectivity index is 1.62. The van der Waals surface area contributed by atoms with Crippen molar-refractivity contribution < 1.29 is 9.59 Å². The van der Waals surface area contributed by atoms with E-state index in [0.717, 1.165) is 16.7 Å². The molecule has 0 unspecified atom stereocenters. The number of aromatic nitrogens is 2. The summed E-state index contributed by atoms with van der Waals surface area (Å²) in [6, 6.07) is 14.9. The van der Waals surface area contributed by atoms with Gasteiger partial charge in [0.2, 0.25) is 11.8 Å². The van der Waals surface area contributed by atoms with Gasteiger partial charge in [0.25, 0.3) is 0 Å². The highest BCUT2D eigenvalue weighted by molar-refractivity contribution is 6.00. The number of rotatable bonds is 8. The second-order valence-electron chi connectivity index (χ2n) is 7.20. The van der Waals surface area contributed by atoms with Crippen molar-refractivity contribution in [3.63, 3.8) is 0 Å². The van der Waals surface area contributed by atoms with Gasteiger partial charge >= 0.3 is 0 Å². The van der Waals surface area contributed by atoms with E-state index in [1.807, 2.05) is 74.5 Å². The van der Waals surface area contributed by atoms with E-state index in [-0.39, 0.29) is 11.8 Å². The van der Waals surface area contributed by atoms with Crippen molar-refractivity contribution in [2.45, 2.75) is 13.8 Å². The molecule has 0 aliphatic rings. The first-order valence-corrected chi connectivity index (χ1v) is 10.8. The summed E-state index contributed by atoms with van der Waals surface area (Å²) in [5.41, 5.74) is 4.06. The fourth-order valence-corrected chi connectivity index (χ4v) is 2.95. The molecule has 170 valence electrons. The van der Waals surface area contributed by atoms with E-state index in [1.165, 1.54) is 12.2 Å². The maximum atomic E-state index is 11.9. The first kappa shape index (κ1) is 24.1. The molecule has 0 aliphatic heterocycles. The fraction of sp³-hybridized carbons (Fsp3) is 0.0714. The Bertz CT molecular complexity index is 1120. The quantitative estimate of drug-likeness (QED) is 0.328. The molecule has 6 heteroatoms. The molecule has 0 fully saturated rings. The number of amides is 2. The predicted octanol–water partition coefficient (Wildman–Crippen LogP) is 5.95. The number of hydrogen-bond acceptors (Lipinski definition) is 4. The molecule has 2 amide bonds. The number of carbonyl (C=O) groups is 2. The minimum absolute atomic E-state index is 0.186. The molecular formula is C28H26N4O2. The lowest BCUT2D eigenvalue weighted by Crippen LogP contribution is -2.07. The maximum Gasteiger partial charge on any atom is 0.248 e. The molecule has 0 bridgehead atoms. The molecule has 0 radical (unpaired) electrons. The number of carbonyl (C=O) groups excluding carboxylic acids is 2. The predicted molar refractivity (Wildman–Crippen MR) is 138 cm³/mol. The summed E-state index contributed by atoms with van der Waals surface area (Å²) >= 11 is 0. The van der Waals surface area contributed by atoms with Crippen molar-refractivity contribution in [3.8, 4) is 22.5 Å². The zero-order valence-corrected chi connectivity index (χ0v) is 19.1. The third kappa shape index (κ3) is 7.24. The van der Waals surface area contributed by atoms with Crippen molar-refractivity contribution in [3.05, 3.63) is 110 Å². The van der Waals surface area contributed by atoms with E-state index in [0.29, 0.717) is 17.2 Å². The van der Waals surface area contributed by atoms with Crippen molar-refractivity contribution in [1.82, 2.24) is 9.97 Å². The summed E-state index contributed by atoms with van der Waals surface area (Å²) in [4.78, 5) is 32.7. The van der Waals surface area contributed by atoms with Gasteiger partial charge in [-0.05, 0) is 55.8 Å². The highest BCUT2D eigenvalue weighted by atomic mass is 16.2. The summed E-state index contributed by atoms with van der Waals surface area (Å²) in [6.07, 6.45) is 17.1. The van der Waals surface area contributed by atoms with Crippen LogP contribution in [0.4, 0.5) is 11.4 Å². The number of nitrogens with zero attached hydrogens (tertiary/aromatic N) is 2. The first-order chi connectivity index (χ1) is 16.6. The molecule has 34 heavy (non-hydrogen) atoms. The molecule has 2 aromatic carbocycles. The Morgan fingerprint density at radius 1 is 0.618 bits per heavy atom. The lowest BCUT2D eigenvalue weighted by Gasteiger charge is -2.07. The Kier molecular flexibility index (Phi) is 8.82.